The minimum atomic E-state index is -2.06. The number of amides is 15. The highest BCUT2D eigenvalue weighted by Crippen LogP contribution is 2.25. The van der Waals surface area contributed by atoms with Gasteiger partial charge in [-0.3, -0.25) is 82.1 Å². The van der Waals surface area contributed by atoms with Gasteiger partial charge in [-0.15, -0.1) is 0 Å². The van der Waals surface area contributed by atoms with Crippen LogP contribution < -0.4 is 91.6 Å². The Morgan fingerprint density at radius 3 is 1.87 bits per heavy atom. The van der Waals surface area contributed by atoms with Gasteiger partial charge in [0.15, 0.2) is 5.96 Å². The predicted octanol–water partition coefficient (Wildman–Crippen LogP) is -3.99. The Kier molecular flexibility index (Phi) is 35.4. The second-order valence-electron chi connectivity index (χ2n) is 27.8. The van der Waals surface area contributed by atoms with Gasteiger partial charge in [-0.2, -0.15) is 0 Å². The number of nitrogens with two attached hydrogens (primary N) is 3. The third kappa shape index (κ3) is 28.7. The van der Waals surface area contributed by atoms with E-state index >= 15 is 14.4 Å². The third-order valence-electron chi connectivity index (χ3n) is 18.4. The van der Waals surface area contributed by atoms with Crippen molar-refractivity contribution in [3.8, 4) is 0 Å². The van der Waals surface area contributed by atoms with Crippen LogP contribution in [-0.4, -0.2) is 229 Å². The molecule has 2 aromatic heterocycles. The summed E-state index contributed by atoms with van der Waals surface area (Å²) in [6, 6.07) is -0.791. The van der Waals surface area contributed by atoms with Crippen LogP contribution in [0.15, 0.2) is 85.5 Å². The number of hydrogen-bond acceptors (Lipinski definition) is 21. The number of fused-ring (bicyclic) bond motifs is 2. The number of carbonyl (C=O) groups is 16. The highest BCUT2D eigenvalue weighted by atomic mass is 33.1. The van der Waals surface area contributed by atoms with Crippen LogP contribution in [0, 0.1) is 17.2 Å². The van der Waals surface area contributed by atoms with Crippen molar-refractivity contribution in [3.05, 3.63) is 102 Å². The fourth-order valence-corrected chi connectivity index (χ4v) is 14.3. The quantitative estimate of drug-likeness (QED) is 0.0115. The number of guanidine groups is 1. The zero-order chi connectivity index (χ0) is 84.0. The van der Waals surface area contributed by atoms with Gasteiger partial charge in [0.1, 0.15) is 72.5 Å². The van der Waals surface area contributed by atoms with Crippen LogP contribution in [0.5, 0.6) is 0 Å². The predicted molar refractivity (Wildman–Crippen MR) is 419 cm³/mol. The second-order valence-corrected chi connectivity index (χ2v) is 30.4. The molecule has 1 aliphatic heterocycles. The molecule has 114 heavy (non-hydrogen) atoms. The van der Waals surface area contributed by atoms with Crippen molar-refractivity contribution in [2.45, 2.75) is 185 Å². The molecule has 1 fully saturated rings. The van der Waals surface area contributed by atoms with E-state index in [4.69, 9.17) is 22.6 Å². The van der Waals surface area contributed by atoms with Crippen molar-refractivity contribution in [1.82, 2.24) is 89.4 Å². The molecule has 39 nitrogen and oxygen atoms in total. The number of carbonyl (C=O) groups excluding carboxylic acids is 15. The highest BCUT2D eigenvalue weighted by Gasteiger charge is 2.39. The largest absolute Gasteiger partial charge is 0.481 e. The molecule has 15 amide bonds. The molecular formula is C73H101N21O18S2. The zero-order valence-corrected chi connectivity index (χ0v) is 65.5. The maximum atomic E-state index is 15.1. The van der Waals surface area contributed by atoms with E-state index in [9.17, 15) is 72.5 Å². The first kappa shape index (κ1) is 91.0. The van der Waals surface area contributed by atoms with Crippen molar-refractivity contribution in [2.75, 3.05) is 24.6 Å². The number of aromatic amines is 2. The minimum Gasteiger partial charge on any atom is -0.481 e. The summed E-state index contributed by atoms with van der Waals surface area (Å²) in [5, 5.41) is 65.9. The fourth-order valence-electron chi connectivity index (χ4n) is 11.9. The summed E-state index contributed by atoms with van der Waals surface area (Å²) >= 11 is 0. The lowest BCUT2D eigenvalue weighted by molar-refractivity contribution is -0.141. The molecule has 618 valence electrons. The Labute approximate surface area is 663 Å². The number of nitrogens with one attached hydrogen (secondary N) is 17. The van der Waals surface area contributed by atoms with Crippen LogP contribution in [-0.2, 0) is 96.0 Å². The van der Waals surface area contributed by atoms with Gasteiger partial charge < -0.3 is 112 Å². The molecular weight excluding hydrogens is 1520 g/mol. The van der Waals surface area contributed by atoms with Crippen LogP contribution in [0.2, 0.25) is 0 Å². The van der Waals surface area contributed by atoms with Crippen molar-refractivity contribution in [2.24, 2.45) is 29.0 Å². The van der Waals surface area contributed by atoms with Crippen LogP contribution in [0.25, 0.3) is 21.7 Å². The molecule has 0 radical (unpaired) electrons. The number of rotatable bonds is 25. The number of aliphatic carboxylic acids is 1. The lowest BCUT2D eigenvalue weighted by atomic mass is 9.97. The van der Waals surface area contributed by atoms with Gasteiger partial charge in [-0.05, 0) is 72.9 Å². The number of aromatic nitrogens is 3. The summed E-state index contributed by atoms with van der Waals surface area (Å²) in [7, 11) is 1.65. The van der Waals surface area contributed by atoms with E-state index < -0.39 is 228 Å². The number of para-hydroxylation sites is 1. The molecule has 3 heterocycles. The van der Waals surface area contributed by atoms with E-state index in [1.54, 1.807) is 74.5 Å². The molecule has 3 aromatic carbocycles. The molecule has 0 spiro atoms. The van der Waals surface area contributed by atoms with Gasteiger partial charge in [0.2, 0.25) is 88.6 Å². The Hall–Kier alpha value is -11.9. The number of benzene rings is 3. The highest BCUT2D eigenvalue weighted by molar-refractivity contribution is 8.76. The zero-order valence-electron chi connectivity index (χ0n) is 63.9. The Morgan fingerprint density at radius 2 is 1.24 bits per heavy atom. The maximum Gasteiger partial charge on any atom is 0.305 e. The monoisotopic (exact) mass is 1620 g/mol. The van der Waals surface area contributed by atoms with Crippen LogP contribution >= 0.6 is 21.6 Å². The number of nitrogens with zero attached hydrogens (tertiary/aromatic N) is 1. The van der Waals surface area contributed by atoms with Gasteiger partial charge >= 0.3 is 5.97 Å². The lowest BCUT2D eigenvalue weighted by Gasteiger charge is -2.29. The molecule has 5 aromatic rings. The molecule has 0 unspecified atom stereocenters. The number of carboxylic acid groups (broad SMARTS) is 1. The number of hydrogen-bond donors (Lipinski definition) is 22. The summed E-state index contributed by atoms with van der Waals surface area (Å²) in [6.45, 7) is 9.11. The topological polar surface area (TPSA) is 628 Å². The first-order valence-corrected chi connectivity index (χ1v) is 39.2. The average molecular weight is 1620 g/mol. The van der Waals surface area contributed by atoms with Gasteiger partial charge in [-0.25, -0.2) is 4.98 Å². The third-order valence-corrected chi connectivity index (χ3v) is 20.8. The van der Waals surface area contributed by atoms with Gasteiger partial charge in [0.25, 0.3) is 0 Å². The number of H-pyrrole nitrogens is 2. The van der Waals surface area contributed by atoms with Crippen LogP contribution in [0.3, 0.4) is 0 Å². The van der Waals surface area contributed by atoms with Crippen molar-refractivity contribution < 1.29 is 86.9 Å². The molecule has 0 saturated carbocycles. The molecule has 0 bridgehead atoms. The first-order valence-electron chi connectivity index (χ1n) is 36.7. The maximum absolute atomic E-state index is 15.1. The standard InChI is InChI=1S/C73H101N21O18S2/c1-8-36(4)59(84-39(7)96)72(112)92-54-33-114-113-32-53(70(110)94-60(38(6)95)61(75)101)91-64(104)47(18-13-23-79-73(76)77)85-67(107)51(27-44-30-78-34-82-44)87-62(102)37(5)83-56(98)31-81-63(103)50(26-43-29-80-46-17-12-11-16-45(43)46)88-68(108)52(28-57(99)100)89-65(105)48(21-22-55(74)97)86-66(106)49(90-71(111)58(35(2)3)93-69(54)109)25-40-19-20-41-14-9-10-15-42(41)24-40/h9-12,14-17,19-20,24,29-30,34-38,47-54,58-60,80,95H,8,13,18,21-23,25-28,31-33H2,1-7H3,(H2,74,97)(H2,75,101)(H,78,82)(H,81,103)(H,83,98)(H,84,96)(H,85,107)(H,86,106)(H,87,102)(H,88,108)(H,89,105)(H,90,111)(H,91,104)(H,92,112)(H,93,109)(H,94,110)(H,99,100)(H4,76,77,79)/t36-,37-,38+,47-,48-,49-,50-,51+,52+,53-,54-,58-,59-,60-/m0/s1. The molecule has 1 saturated heterocycles. The fraction of sp³-hybridized carbons (Fsp3) is 0.479. The summed E-state index contributed by atoms with van der Waals surface area (Å²) in [4.78, 5) is 235. The smallest absolute Gasteiger partial charge is 0.305 e. The lowest BCUT2D eigenvalue weighted by Crippen LogP contribution is -2.61. The van der Waals surface area contributed by atoms with E-state index in [0.717, 1.165) is 33.9 Å². The van der Waals surface area contributed by atoms with E-state index in [-0.39, 0.29) is 44.3 Å². The molecule has 1 aliphatic rings. The number of aliphatic hydroxyl groups is 1. The van der Waals surface area contributed by atoms with E-state index in [1.165, 1.54) is 46.4 Å². The van der Waals surface area contributed by atoms with Crippen LogP contribution in [0.1, 0.15) is 104 Å². The van der Waals surface area contributed by atoms with Crippen molar-refractivity contribution in [1.29, 1.82) is 5.41 Å². The van der Waals surface area contributed by atoms with E-state index in [2.05, 4.69) is 89.4 Å². The second kappa shape index (κ2) is 44.4. The van der Waals surface area contributed by atoms with E-state index in [1.807, 2.05) is 6.07 Å². The number of primary amides is 2. The Bertz CT molecular complexity index is 4300. The van der Waals surface area contributed by atoms with Gasteiger partial charge in [0, 0.05) is 79.6 Å². The molecule has 14 atom stereocenters. The summed E-state index contributed by atoms with van der Waals surface area (Å²) in [5.74, 6) is -19.9. The SMILES string of the molecule is CC[C@H](C)[C@H](NC(C)=O)C(=O)N[C@H]1CSSC[C@@H](C(=O)N[C@H](C(N)=O)[C@@H](C)O)NC(=O)[C@H](CCCNC(=N)N)NC(=O)[C@@H](Cc2cnc[nH]2)NC(=O)[C@H](C)NC(=O)CNC(=O)[C@H](Cc2c[nH]c3ccccc23)NC(=O)[C@@H](CC(=O)O)NC(=O)[C@H](CCC(N)=O)NC(=O)[C@H](Cc2ccc3ccccc3c2)NC(=O)[C@H](C(C)C)NC1=O. The molecule has 6 rings (SSSR count). The van der Waals surface area contributed by atoms with Crippen molar-refractivity contribution in [3.63, 3.8) is 0 Å². The molecule has 0 aliphatic carbocycles. The van der Waals surface area contributed by atoms with Crippen LogP contribution in [0.4, 0.5) is 0 Å². The van der Waals surface area contributed by atoms with Gasteiger partial charge in [-0.1, -0.05) is 116 Å². The normalized spacial score (nSPS) is 22.5. The number of aliphatic hydroxyl groups excluding tert-OH is 1. The number of imidazole rings is 1. The molecule has 25 N–H and O–H groups in total. The average Bonchev–Trinajstić information content (AvgIpc) is 1.46. The summed E-state index contributed by atoms with van der Waals surface area (Å²) in [6.07, 6.45) is -0.728. The van der Waals surface area contributed by atoms with Gasteiger partial charge in [0.05, 0.1) is 25.4 Å². The van der Waals surface area contributed by atoms with E-state index in [0.29, 0.717) is 33.8 Å². The Balaban J connectivity index is 1.48. The Morgan fingerprint density at radius 1 is 0.640 bits per heavy atom. The van der Waals surface area contributed by atoms with Crippen molar-refractivity contribution >= 4 is 144 Å². The first-order chi connectivity index (χ1) is 54.0. The number of carboxylic acids is 1. The summed E-state index contributed by atoms with van der Waals surface area (Å²) in [5.41, 5.74) is 18.5. The summed E-state index contributed by atoms with van der Waals surface area (Å²) < 4.78 is 0. The minimum absolute atomic E-state index is 0.00235. The molecule has 41 heteroatoms.